The number of benzene rings is 1. The number of carbonyl (C=O) groups is 1. The molecule has 4 heterocycles. The number of ether oxygens (including phenoxy) is 1. The van der Waals surface area contributed by atoms with E-state index in [2.05, 4.69) is 40.2 Å². The van der Waals surface area contributed by atoms with Gasteiger partial charge in [-0.25, -0.2) is 9.97 Å². The van der Waals surface area contributed by atoms with Gasteiger partial charge in [0.25, 0.3) is 0 Å². The molecular weight excluding hydrogens is 517 g/mol. The lowest BCUT2D eigenvalue weighted by atomic mass is 9.96. The third-order valence-corrected chi connectivity index (χ3v) is 5.70. The average molecular weight is 541 g/mol. The second-order valence-corrected chi connectivity index (χ2v) is 9.77. The summed E-state index contributed by atoms with van der Waals surface area (Å²) in [6, 6.07) is 5.97. The van der Waals surface area contributed by atoms with Gasteiger partial charge in [0.05, 0.1) is 17.3 Å². The molecule has 0 spiro atoms. The molecule has 0 fully saturated rings. The number of carbonyl (C=O) groups excluding carboxylic acids is 1. The maximum atomic E-state index is 13.3. The molecule has 0 radical (unpaired) electrons. The number of amides is 1. The molecule has 0 aliphatic carbocycles. The average Bonchev–Trinajstić information content (AvgIpc) is 3.60. The molecule has 39 heavy (non-hydrogen) atoms. The van der Waals surface area contributed by atoms with Crippen molar-refractivity contribution >= 4 is 17.1 Å². The number of H-pyrrole nitrogens is 1. The standard InChI is InChI=1S/C25H23F3N8O3/c1-24(2,3)23-34-22(39-35-23)21(37)30-10-14-6-5-13(9-17(14)38-25(26,27)28)16-7-8-29-20-18(16)32-19(33-20)15-11-31-36(4)12-15/h5-9,11-12H,10H2,1-4H3,(H,30,37)(H,29,32,33). The lowest BCUT2D eigenvalue weighted by Crippen LogP contribution is -2.25. The van der Waals surface area contributed by atoms with Gasteiger partial charge in [0, 0.05) is 42.5 Å². The molecule has 0 saturated heterocycles. The van der Waals surface area contributed by atoms with E-state index in [1.165, 1.54) is 18.3 Å². The second-order valence-electron chi connectivity index (χ2n) is 9.77. The highest BCUT2D eigenvalue weighted by Gasteiger charge is 2.32. The summed E-state index contributed by atoms with van der Waals surface area (Å²) < 4.78 is 50.8. The van der Waals surface area contributed by atoms with Gasteiger partial charge in [0.1, 0.15) is 11.6 Å². The molecule has 14 heteroatoms. The number of fused-ring (bicyclic) bond motifs is 1. The molecule has 5 aromatic rings. The number of imidazole rings is 1. The number of hydrogen-bond donors (Lipinski definition) is 2. The van der Waals surface area contributed by atoms with Crippen LogP contribution in [-0.2, 0) is 19.0 Å². The Morgan fingerprint density at radius 1 is 1.15 bits per heavy atom. The molecule has 1 aromatic carbocycles. The predicted molar refractivity (Wildman–Crippen MR) is 132 cm³/mol. The van der Waals surface area contributed by atoms with Crippen LogP contribution in [0.3, 0.4) is 0 Å². The Hall–Kier alpha value is -4.75. The number of pyridine rings is 1. The summed E-state index contributed by atoms with van der Waals surface area (Å²) in [5.74, 6) is -0.654. The third-order valence-electron chi connectivity index (χ3n) is 5.70. The van der Waals surface area contributed by atoms with Crippen molar-refractivity contribution in [1.82, 2.24) is 40.2 Å². The van der Waals surface area contributed by atoms with Crippen LogP contribution in [0.4, 0.5) is 13.2 Å². The number of halogens is 3. The van der Waals surface area contributed by atoms with E-state index in [0.29, 0.717) is 33.9 Å². The summed E-state index contributed by atoms with van der Waals surface area (Å²) >= 11 is 0. The van der Waals surface area contributed by atoms with Crippen molar-refractivity contribution < 1.29 is 27.2 Å². The maximum Gasteiger partial charge on any atom is 0.573 e. The fourth-order valence-corrected chi connectivity index (χ4v) is 3.79. The third kappa shape index (κ3) is 5.58. The first-order chi connectivity index (χ1) is 18.4. The van der Waals surface area contributed by atoms with Crippen LogP contribution in [0.15, 0.2) is 47.4 Å². The molecule has 1 amide bonds. The van der Waals surface area contributed by atoms with Gasteiger partial charge < -0.3 is 19.6 Å². The second kappa shape index (κ2) is 9.53. The summed E-state index contributed by atoms with van der Waals surface area (Å²) in [6.45, 7) is 5.27. The molecule has 0 aliphatic heterocycles. The minimum absolute atomic E-state index is 0.0888. The van der Waals surface area contributed by atoms with E-state index >= 15 is 0 Å². The Balaban J connectivity index is 1.45. The topological polar surface area (TPSA) is 137 Å². The van der Waals surface area contributed by atoms with Gasteiger partial charge in [-0.1, -0.05) is 38.1 Å². The molecule has 11 nitrogen and oxygen atoms in total. The normalized spacial score (nSPS) is 12.2. The SMILES string of the molecule is Cn1cc(-c2nc3nccc(-c4ccc(CNC(=O)c5nc(C(C)(C)C)no5)c(OC(F)(F)F)c4)c3[nH]2)cn1. The number of aryl methyl sites for hydroxylation is 1. The summed E-state index contributed by atoms with van der Waals surface area (Å²) in [5.41, 5.74) is 2.26. The monoisotopic (exact) mass is 540 g/mol. The highest BCUT2D eigenvalue weighted by Crippen LogP contribution is 2.34. The molecule has 0 aliphatic rings. The van der Waals surface area contributed by atoms with E-state index in [9.17, 15) is 18.0 Å². The van der Waals surface area contributed by atoms with Gasteiger partial charge in [-0.05, 0) is 17.7 Å². The lowest BCUT2D eigenvalue weighted by Gasteiger charge is -2.15. The van der Waals surface area contributed by atoms with Crippen molar-refractivity contribution in [3.63, 3.8) is 0 Å². The molecule has 202 valence electrons. The van der Waals surface area contributed by atoms with Crippen molar-refractivity contribution in [1.29, 1.82) is 0 Å². The van der Waals surface area contributed by atoms with Gasteiger partial charge in [0.15, 0.2) is 11.5 Å². The van der Waals surface area contributed by atoms with Gasteiger partial charge >= 0.3 is 18.2 Å². The number of aromatic nitrogens is 7. The highest BCUT2D eigenvalue weighted by atomic mass is 19.4. The first kappa shape index (κ1) is 25.9. The zero-order valence-corrected chi connectivity index (χ0v) is 21.3. The fourth-order valence-electron chi connectivity index (χ4n) is 3.79. The van der Waals surface area contributed by atoms with Crippen LogP contribution in [-0.4, -0.2) is 47.1 Å². The number of nitrogens with one attached hydrogen (secondary N) is 2. The van der Waals surface area contributed by atoms with E-state index in [-0.39, 0.29) is 18.0 Å². The molecule has 0 bridgehead atoms. The zero-order valence-electron chi connectivity index (χ0n) is 21.3. The van der Waals surface area contributed by atoms with Crippen LogP contribution in [0.25, 0.3) is 33.7 Å². The summed E-state index contributed by atoms with van der Waals surface area (Å²) in [7, 11) is 1.77. The molecule has 2 N–H and O–H groups in total. The molecule has 0 unspecified atom stereocenters. The highest BCUT2D eigenvalue weighted by molar-refractivity contribution is 5.92. The van der Waals surface area contributed by atoms with Crippen molar-refractivity contribution in [2.24, 2.45) is 7.05 Å². The molecule has 5 rings (SSSR count). The largest absolute Gasteiger partial charge is 0.573 e. The smallest absolute Gasteiger partial charge is 0.405 e. The Bertz CT molecular complexity index is 1660. The molecule has 4 aromatic heterocycles. The Labute approximate surface area is 219 Å². The first-order valence-corrected chi connectivity index (χ1v) is 11.7. The van der Waals surface area contributed by atoms with Gasteiger partial charge in [-0.2, -0.15) is 10.1 Å². The Morgan fingerprint density at radius 3 is 2.62 bits per heavy atom. The van der Waals surface area contributed by atoms with E-state index in [1.807, 2.05) is 20.8 Å². The number of aromatic amines is 1. The number of hydrogen-bond acceptors (Lipinski definition) is 8. The maximum absolute atomic E-state index is 13.3. The van der Waals surface area contributed by atoms with Crippen LogP contribution in [0.5, 0.6) is 5.75 Å². The summed E-state index contributed by atoms with van der Waals surface area (Å²) in [5, 5.41) is 10.4. The Kier molecular flexibility index (Phi) is 6.32. The van der Waals surface area contributed by atoms with Crippen LogP contribution in [0.1, 0.15) is 42.8 Å². The van der Waals surface area contributed by atoms with Crippen LogP contribution in [0.2, 0.25) is 0 Å². The van der Waals surface area contributed by atoms with Crippen molar-refractivity contribution in [3.05, 3.63) is 60.1 Å². The minimum atomic E-state index is -4.96. The van der Waals surface area contributed by atoms with Crippen molar-refractivity contribution in [2.45, 2.75) is 39.1 Å². The number of alkyl halides is 3. The first-order valence-electron chi connectivity index (χ1n) is 11.7. The zero-order chi connectivity index (χ0) is 27.9. The quantitative estimate of drug-likeness (QED) is 0.321. The van der Waals surface area contributed by atoms with Crippen molar-refractivity contribution in [3.8, 4) is 28.3 Å². The van der Waals surface area contributed by atoms with Crippen LogP contribution >= 0.6 is 0 Å². The lowest BCUT2D eigenvalue weighted by molar-refractivity contribution is -0.274. The minimum Gasteiger partial charge on any atom is -0.405 e. The Morgan fingerprint density at radius 2 is 1.95 bits per heavy atom. The number of nitrogens with zero attached hydrogens (tertiary/aromatic N) is 6. The summed E-state index contributed by atoms with van der Waals surface area (Å²) in [6.07, 6.45) is -0.0390. The van der Waals surface area contributed by atoms with Crippen LogP contribution in [0, 0.1) is 0 Å². The summed E-state index contributed by atoms with van der Waals surface area (Å²) in [4.78, 5) is 28.5. The molecule has 0 atom stereocenters. The molecule has 0 saturated carbocycles. The fraction of sp³-hybridized carbons (Fsp3) is 0.280. The van der Waals surface area contributed by atoms with E-state index < -0.39 is 23.4 Å². The van der Waals surface area contributed by atoms with Gasteiger partial charge in [-0.15, -0.1) is 13.2 Å². The number of rotatable bonds is 6. The predicted octanol–water partition coefficient (Wildman–Crippen LogP) is 4.53. The molecular formula is C25H23F3N8O3. The van der Waals surface area contributed by atoms with E-state index in [0.717, 1.165) is 5.56 Å². The van der Waals surface area contributed by atoms with E-state index in [1.54, 1.807) is 36.3 Å². The van der Waals surface area contributed by atoms with Gasteiger partial charge in [0.2, 0.25) is 0 Å². The van der Waals surface area contributed by atoms with E-state index in [4.69, 9.17) is 4.52 Å². The van der Waals surface area contributed by atoms with Gasteiger partial charge in [-0.3, -0.25) is 9.48 Å². The van der Waals surface area contributed by atoms with Crippen molar-refractivity contribution in [2.75, 3.05) is 0 Å². The van der Waals surface area contributed by atoms with Crippen LogP contribution < -0.4 is 10.1 Å².